The van der Waals surface area contributed by atoms with Crippen LogP contribution in [0.2, 0.25) is 0 Å². The minimum Gasteiger partial charge on any atom is -0.476 e. The molecule has 2 aliphatic rings. The van der Waals surface area contributed by atoms with Crippen LogP contribution in [0.4, 0.5) is 0 Å². The van der Waals surface area contributed by atoms with Crippen LogP contribution in [0.3, 0.4) is 0 Å². The molecule has 0 aromatic carbocycles. The average Bonchev–Trinajstić information content (AvgIpc) is 3.30. The first-order valence-electron chi connectivity index (χ1n) is 6.65. The van der Waals surface area contributed by atoms with Gasteiger partial charge in [0.15, 0.2) is 9.90 Å². The van der Waals surface area contributed by atoms with Gasteiger partial charge in [0.2, 0.25) is 0 Å². The molecule has 0 bridgehead atoms. The van der Waals surface area contributed by atoms with Gasteiger partial charge in [0.1, 0.15) is 0 Å². The normalized spacial score (nSPS) is 19.4. The highest BCUT2D eigenvalue weighted by Crippen LogP contribution is 2.37. The van der Waals surface area contributed by atoms with Crippen LogP contribution in [0.15, 0.2) is 9.72 Å². The molecule has 0 amide bonds. The fourth-order valence-corrected chi connectivity index (χ4v) is 5.00. The van der Waals surface area contributed by atoms with Crippen LogP contribution >= 0.6 is 11.3 Å². The highest BCUT2D eigenvalue weighted by Gasteiger charge is 2.38. The number of rotatable bonds is 7. The van der Waals surface area contributed by atoms with E-state index in [2.05, 4.69) is 4.98 Å². The highest BCUT2D eigenvalue weighted by atomic mass is 32.2. The van der Waals surface area contributed by atoms with Crippen molar-refractivity contribution in [2.75, 3.05) is 13.1 Å². The van der Waals surface area contributed by atoms with Gasteiger partial charge in [-0.05, 0) is 37.5 Å². The zero-order valence-electron chi connectivity index (χ0n) is 10.9. The van der Waals surface area contributed by atoms with E-state index in [0.29, 0.717) is 24.9 Å². The largest absolute Gasteiger partial charge is 0.476 e. The van der Waals surface area contributed by atoms with Gasteiger partial charge in [-0.3, -0.25) is 0 Å². The monoisotopic (exact) mass is 316 g/mol. The second kappa shape index (κ2) is 5.09. The van der Waals surface area contributed by atoms with Crippen LogP contribution in [0.25, 0.3) is 0 Å². The summed E-state index contributed by atoms with van der Waals surface area (Å²) < 4.78 is 26.7. The SMILES string of the molecule is O=C(O)c1ncsc1S(=O)(=O)N(CC1CC1)CC1CC1. The smallest absolute Gasteiger partial charge is 0.356 e. The summed E-state index contributed by atoms with van der Waals surface area (Å²) in [6, 6.07) is 0. The predicted molar refractivity (Wildman–Crippen MR) is 73.3 cm³/mol. The number of carboxylic acids is 1. The van der Waals surface area contributed by atoms with Gasteiger partial charge < -0.3 is 5.11 Å². The van der Waals surface area contributed by atoms with E-state index in [1.807, 2.05) is 0 Å². The molecule has 3 rings (SSSR count). The minimum absolute atomic E-state index is 0.133. The van der Waals surface area contributed by atoms with Gasteiger partial charge >= 0.3 is 5.97 Å². The van der Waals surface area contributed by atoms with Gasteiger partial charge in [0.25, 0.3) is 10.0 Å². The lowest BCUT2D eigenvalue weighted by Gasteiger charge is -2.21. The zero-order valence-corrected chi connectivity index (χ0v) is 12.5. The number of thiazole rings is 1. The maximum Gasteiger partial charge on any atom is 0.356 e. The molecule has 2 fully saturated rings. The van der Waals surface area contributed by atoms with Crippen molar-refractivity contribution in [3.05, 3.63) is 11.2 Å². The molecule has 1 aromatic heterocycles. The van der Waals surface area contributed by atoms with Crippen LogP contribution in [-0.2, 0) is 10.0 Å². The Hall–Kier alpha value is -0.990. The molecule has 1 heterocycles. The fraction of sp³-hybridized carbons (Fsp3) is 0.667. The molecule has 0 atom stereocenters. The molecule has 1 N–H and O–H groups in total. The van der Waals surface area contributed by atoms with E-state index in [0.717, 1.165) is 37.0 Å². The molecule has 1 aromatic rings. The molecule has 0 spiro atoms. The first kappa shape index (κ1) is 14.0. The van der Waals surface area contributed by atoms with Crippen LogP contribution < -0.4 is 0 Å². The summed E-state index contributed by atoms with van der Waals surface area (Å²) >= 11 is 0.887. The standard InChI is InChI=1S/C12H16N2O4S2/c15-11(16)10-12(19-7-13-10)20(17,18)14(5-8-1-2-8)6-9-3-4-9/h7-9H,1-6H2,(H,15,16). The van der Waals surface area contributed by atoms with E-state index in [9.17, 15) is 13.2 Å². The Morgan fingerprint density at radius 3 is 2.30 bits per heavy atom. The number of carbonyl (C=O) groups is 1. The van der Waals surface area contributed by atoms with Gasteiger partial charge in [0, 0.05) is 13.1 Å². The van der Waals surface area contributed by atoms with Crippen LogP contribution in [0.1, 0.15) is 36.2 Å². The second-order valence-corrected chi connectivity index (χ2v) is 8.49. The third-order valence-electron chi connectivity index (χ3n) is 3.63. The number of carboxylic acid groups (broad SMARTS) is 1. The Bertz CT molecular complexity index is 603. The molecule has 2 aliphatic carbocycles. The summed E-state index contributed by atoms with van der Waals surface area (Å²) in [7, 11) is -3.74. The Kier molecular flexibility index (Phi) is 3.55. The lowest BCUT2D eigenvalue weighted by Crippen LogP contribution is -2.35. The maximum atomic E-state index is 12.7. The van der Waals surface area contributed by atoms with Crippen LogP contribution in [0, 0.1) is 11.8 Å². The molecule has 0 saturated heterocycles. The van der Waals surface area contributed by atoms with E-state index < -0.39 is 16.0 Å². The molecule has 6 nitrogen and oxygen atoms in total. The topological polar surface area (TPSA) is 87.6 Å². The average molecular weight is 316 g/mol. The third-order valence-corrected chi connectivity index (χ3v) is 6.81. The number of aromatic carboxylic acids is 1. The number of sulfonamides is 1. The van der Waals surface area contributed by atoms with Crippen molar-refractivity contribution in [1.29, 1.82) is 0 Å². The molecule has 0 aliphatic heterocycles. The number of nitrogens with zero attached hydrogens (tertiary/aromatic N) is 2. The Morgan fingerprint density at radius 2 is 1.85 bits per heavy atom. The maximum absolute atomic E-state index is 12.7. The van der Waals surface area contributed by atoms with Gasteiger partial charge in [-0.25, -0.2) is 18.2 Å². The van der Waals surface area contributed by atoms with Crippen molar-refractivity contribution in [3.8, 4) is 0 Å². The van der Waals surface area contributed by atoms with E-state index >= 15 is 0 Å². The molecule has 8 heteroatoms. The summed E-state index contributed by atoms with van der Waals surface area (Å²) in [5.41, 5.74) is 0.926. The van der Waals surface area contributed by atoms with Crippen molar-refractivity contribution < 1.29 is 18.3 Å². The molecule has 2 saturated carbocycles. The van der Waals surface area contributed by atoms with Crippen LogP contribution in [0.5, 0.6) is 0 Å². The van der Waals surface area contributed by atoms with Crippen molar-refractivity contribution in [2.45, 2.75) is 29.9 Å². The number of hydrogen-bond donors (Lipinski definition) is 1. The molecule has 20 heavy (non-hydrogen) atoms. The van der Waals surface area contributed by atoms with E-state index in [4.69, 9.17) is 5.11 Å². The van der Waals surface area contributed by atoms with Crippen molar-refractivity contribution >= 4 is 27.3 Å². The fourth-order valence-electron chi connectivity index (χ4n) is 2.13. The summed E-state index contributed by atoms with van der Waals surface area (Å²) in [5.74, 6) is -0.419. The van der Waals surface area contributed by atoms with Crippen molar-refractivity contribution in [3.63, 3.8) is 0 Å². The van der Waals surface area contributed by atoms with Crippen molar-refractivity contribution in [2.24, 2.45) is 11.8 Å². The van der Waals surface area contributed by atoms with Gasteiger partial charge in [-0.1, -0.05) is 0 Å². The Labute approximate surface area is 121 Å². The van der Waals surface area contributed by atoms with E-state index in [1.54, 1.807) is 0 Å². The third kappa shape index (κ3) is 2.87. The molecule has 110 valence electrons. The first-order chi connectivity index (χ1) is 9.48. The number of hydrogen-bond acceptors (Lipinski definition) is 5. The summed E-state index contributed by atoms with van der Waals surface area (Å²) in [6.07, 6.45) is 4.24. The molecule has 0 radical (unpaired) electrons. The Balaban J connectivity index is 1.89. The summed E-state index contributed by atoms with van der Waals surface area (Å²) in [4.78, 5) is 14.7. The summed E-state index contributed by atoms with van der Waals surface area (Å²) in [5, 5.41) is 9.05. The minimum atomic E-state index is -3.74. The molecular weight excluding hydrogens is 300 g/mol. The molecule has 0 unspecified atom stereocenters. The first-order valence-corrected chi connectivity index (χ1v) is 8.97. The Morgan fingerprint density at radius 1 is 1.30 bits per heavy atom. The van der Waals surface area contributed by atoms with Crippen molar-refractivity contribution in [1.82, 2.24) is 9.29 Å². The lowest BCUT2D eigenvalue weighted by molar-refractivity contribution is 0.0687. The quantitative estimate of drug-likeness (QED) is 0.826. The highest BCUT2D eigenvalue weighted by molar-refractivity contribution is 7.91. The number of aromatic nitrogens is 1. The van der Waals surface area contributed by atoms with Gasteiger partial charge in [-0.15, -0.1) is 11.3 Å². The van der Waals surface area contributed by atoms with Gasteiger partial charge in [0.05, 0.1) is 5.51 Å². The molecular formula is C12H16N2O4S2. The van der Waals surface area contributed by atoms with Crippen LogP contribution in [-0.4, -0.2) is 41.9 Å². The predicted octanol–water partition coefficient (Wildman–Crippen LogP) is 1.65. The van der Waals surface area contributed by atoms with Gasteiger partial charge in [-0.2, -0.15) is 4.31 Å². The lowest BCUT2D eigenvalue weighted by atomic mass is 10.4. The van der Waals surface area contributed by atoms with E-state index in [-0.39, 0.29) is 9.90 Å². The second-order valence-electron chi connectivity index (χ2n) is 5.50. The van der Waals surface area contributed by atoms with E-state index in [1.165, 1.54) is 9.82 Å². The summed E-state index contributed by atoms with van der Waals surface area (Å²) in [6.45, 7) is 1.02. The zero-order chi connectivity index (χ0) is 14.3.